The number of nitrogens with zero attached hydrogens (tertiary/aromatic N) is 2. The molecule has 0 aliphatic rings. The Labute approximate surface area is 55.1 Å². The molecular weight excluding hydrogens is 116 g/mol. The molecule has 0 saturated heterocycles. The number of aliphatic hydroxyl groups excluding tert-OH is 1. The monoisotopic (exact) mass is 128 g/mol. The van der Waals surface area contributed by atoms with E-state index in [2.05, 4.69) is 9.98 Å². The van der Waals surface area contributed by atoms with Gasteiger partial charge in [0.1, 0.15) is 6.23 Å². The summed E-state index contributed by atoms with van der Waals surface area (Å²) in [6.45, 7) is 4.29. The highest BCUT2D eigenvalue weighted by Crippen LogP contribution is 1.75. The van der Waals surface area contributed by atoms with E-state index in [1.807, 2.05) is 6.92 Å². The minimum atomic E-state index is -0.617. The van der Waals surface area contributed by atoms with Crippen LogP contribution in [0.2, 0.25) is 0 Å². The largest absolute Gasteiger partial charge is 0.372 e. The van der Waals surface area contributed by atoms with Gasteiger partial charge in [-0.3, -0.25) is 9.98 Å². The second kappa shape index (κ2) is 5.44. The molecule has 0 aromatic carbocycles. The van der Waals surface area contributed by atoms with E-state index in [1.54, 1.807) is 13.1 Å². The standard InChI is InChI=1S/C6H12N2O/c1-3-7-4-5-8-6(2)9/h4-6,9H,3H2,1-2H3. The fourth-order valence-electron chi connectivity index (χ4n) is 0.316. The van der Waals surface area contributed by atoms with Crippen LogP contribution in [0.4, 0.5) is 0 Å². The number of aliphatic imine (C=N–C) groups is 2. The van der Waals surface area contributed by atoms with E-state index in [0.717, 1.165) is 6.54 Å². The van der Waals surface area contributed by atoms with Crippen molar-refractivity contribution in [3.8, 4) is 0 Å². The molecule has 0 amide bonds. The molecule has 0 aromatic rings. The van der Waals surface area contributed by atoms with Crippen molar-refractivity contribution in [3.05, 3.63) is 0 Å². The second-order valence-electron chi connectivity index (χ2n) is 1.58. The summed E-state index contributed by atoms with van der Waals surface area (Å²) >= 11 is 0. The first-order valence-corrected chi connectivity index (χ1v) is 2.97. The SMILES string of the molecule is CCN=CC=NC(C)O. The fraction of sp³-hybridized carbons (Fsp3) is 0.667. The van der Waals surface area contributed by atoms with Crippen LogP contribution in [0.1, 0.15) is 13.8 Å². The number of hydrogen-bond acceptors (Lipinski definition) is 3. The van der Waals surface area contributed by atoms with E-state index < -0.39 is 6.23 Å². The summed E-state index contributed by atoms with van der Waals surface area (Å²) in [6.07, 6.45) is 2.45. The Bertz CT molecular complexity index is 108. The molecule has 1 atom stereocenters. The Morgan fingerprint density at radius 2 is 2.22 bits per heavy atom. The molecule has 0 fully saturated rings. The third-order valence-corrected chi connectivity index (χ3v) is 0.656. The molecule has 0 spiro atoms. The molecular formula is C6H12N2O. The lowest BCUT2D eigenvalue weighted by Crippen LogP contribution is -1.94. The van der Waals surface area contributed by atoms with Gasteiger partial charge in [-0.05, 0) is 13.8 Å². The summed E-state index contributed by atoms with van der Waals surface area (Å²) in [5.41, 5.74) is 0. The molecule has 52 valence electrons. The average Bonchev–Trinajstić information content (AvgIpc) is 1.80. The number of hydrogen-bond donors (Lipinski definition) is 1. The zero-order chi connectivity index (χ0) is 7.11. The minimum Gasteiger partial charge on any atom is -0.372 e. The van der Waals surface area contributed by atoms with Gasteiger partial charge in [-0.1, -0.05) is 0 Å². The third kappa shape index (κ3) is 7.30. The second-order valence-corrected chi connectivity index (χ2v) is 1.58. The molecule has 0 heterocycles. The molecule has 0 aromatic heterocycles. The summed E-state index contributed by atoms with van der Waals surface area (Å²) in [7, 11) is 0. The lowest BCUT2D eigenvalue weighted by molar-refractivity contribution is 0.206. The Morgan fingerprint density at radius 3 is 2.67 bits per heavy atom. The summed E-state index contributed by atoms with van der Waals surface area (Å²) in [5.74, 6) is 0. The average molecular weight is 128 g/mol. The zero-order valence-electron chi connectivity index (χ0n) is 5.78. The first-order valence-electron chi connectivity index (χ1n) is 2.97. The summed E-state index contributed by atoms with van der Waals surface area (Å²) < 4.78 is 0. The van der Waals surface area contributed by atoms with Gasteiger partial charge in [0, 0.05) is 19.0 Å². The van der Waals surface area contributed by atoms with Crippen LogP contribution in [-0.4, -0.2) is 30.3 Å². The topological polar surface area (TPSA) is 45.0 Å². The van der Waals surface area contributed by atoms with Crippen LogP contribution >= 0.6 is 0 Å². The van der Waals surface area contributed by atoms with Gasteiger partial charge in [0.25, 0.3) is 0 Å². The zero-order valence-corrected chi connectivity index (χ0v) is 5.78. The number of rotatable bonds is 3. The predicted molar refractivity (Wildman–Crippen MR) is 39.2 cm³/mol. The van der Waals surface area contributed by atoms with Gasteiger partial charge in [0.15, 0.2) is 0 Å². The van der Waals surface area contributed by atoms with Gasteiger partial charge in [-0.25, -0.2) is 0 Å². The first kappa shape index (κ1) is 8.30. The molecule has 3 heteroatoms. The van der Waals surface area contributed by atoms with Crippen molar-refractivity contribution in [2.24, 2.45) is 9.98 Å². The van der Waals surface area contributed by atoms with Gasteiger partial charge < -0.3 is 5.11 Å². The molecule has 1 unspecified atom stereocenters. The van der Waals surface area contributed by atoms with E-state index in [4.69, 9.17) is 5.11 Å². The van der Waals surface area contributed by atoms with Gasteiger partial charge in [0.05, 0.1) is 0 Å². The van der Waals surface area contributed by atoms with E-state index >= 15 is 0 Å². The summed E-state index contributed by atoms with van der Waals surface area (Å²) in [6, 6.07) is 0. The van der Waals surface area contributed by atoms with Crippen LogP contribution in [0.25, 0.3) is 0 Å². The highest BCUT2D eigenvalue weighted by Gasteiger charge is 1.80. The van der Waals surface area contributed by atoms with Crippen molar-refractivity contribution in [2.75, 3.05) is 6.54 Å². The quantitative estimate of drug-likeness (QED) is 0.552. The van der Waals surface area contributed by atoms with Crippen LogP contribution in [0, 0.1) is 0 Å². The van der Waals surface area contributed by atoms with Crippen molar-refractivity contribution in [2.45, 2.75) is 20.1 Å². The Hall–Kier alpha value is -0.700. The Balaban J connectivity index is 3.35. The molecule has 0 rings (SSSR count). The maximum Gasteiger partial charge on any atom is 0.142 e. The molecule has 1 N–H and O–H groups in total. The third-order valence-electron chi connectivity index (χ3n) is 0.656. The first-order chi connectivity index (χ1) is 4.27. The smallest absolute Gasteiger partial charge is 0.142 e. The fourth-order valence-corrected chi connectivity index (χ4v) is 0.316. The summed E-state index contributed by atoms with van der Waals surface area (Å²) in [4.78, 5) is 7.50. The molecule has 0 aliphatic heterocycles. The molecule has 9 heavy (non-hydrogen) atoms. The maximum absolute atomic E-state index is 8.59. The Morgan fingerprint density at radius 1 is 1.56 bits per heavy atom. The van der Waals surface area contributed by atoms with Gasteiger partial charge in [-0.2, -0.15) is 0 Å². The lowest BCUT2D eigenvalue weighted by Gasteiger charge is -1.88. The van der Waals surface area contributed by atoms with Gasteiger partial charge in [-0.15, -0.1) is 0 Å². The molecule has 3 nitrogen and oxygen atoms in total. The van der Waals surface area contributed by atoms with Crippen LogP contribution in [-0.2, 0) is 0 Å². The maximum atomic E-state index is 8.59. The molecule has 0 radical (unpaired) electrons. The molecule has 0 saturated carbocycles. The van der Waals surface area contributed by atoms with Crippen molar-refractivity contribution < 1.29 is 5.11 Å². The van der Waals surface area contributed by atoms with Gasteiger partial charge in [0.2, 0.25) is 0 Å². The Kier molecular flexibility index (Phi) is 5.01. The molecule has 0 aliphatic carbocycles. The van der Waals surface area contributed by atoms with Gasteiger partial charge >= 0.3 is 0 Å². The van der Waals surface area contributed by atoms with E-state index in [9.17, 15) is 0 Å². The van der Waals surface area contributed by atoms with Crippen LogP contribution in [0.3, 0.4) is 0 Å². The minimum absolute atomic E-state index is 0.617. The highest BCUT2D eigenvalue weighted by molar-refractivity contribution is 6.16. The number of aliphatic hydroxyl groups is 1. The predicted octanol–water partition coefficient (Wildman–Crippen LogP) is 0.486. The van der Waals surface area contributed by atoms with E-state index in [-0.39, 0.29) is 0 Å². The highest BCUT2D eigenvalue weighted by atomic mass is 16.3. The van der Waals surface area contributed by atoms with E-state index in [0.29, 0.717) is 0 Å². The van der Waals surface area contributed by atoms with Crippen molar-refractivity contribution in [1.29, 1.82) is 0 Å². The normalized spacial score (nSPS) is 15.4. The van der Waals surface area contributed by atoms with Crippen molar-refractivity contribution in [1.82, 2.24) is 0 Å². The van der Waals surface area contributed by atoms with E-state index in [1.165, 1.54) is 6.21 Å². The van der Waals surface area contributed by atoms with Crippen LogP contribution in [0.5, 0.6) is 0 Å². The molecule has 0 bridgehead atoms. The van der Waals surface area contributed by atoms with Crippen molar-refractivity contribution in [3.63, 3.8) is 0 Å². The lowest BCUT2D eigenvalue weighted by atomic mass is 10.6. The summed E-state index contributed by atoms with van der Waals surface area (Å²) in [5, 5.41) is 8.59. The van der Waals surface area contributed by atoms with Crippen LogP contribution < -0.4 is 0 Å². The van der Waals surface area contributed by atoms with Crippen LogP contribution in [0.15, 0.2) is 9.98 Å². The van der Waals surface area contributed by atoms with Crippen molar-refractivity contribution >= 4 is 12.4 Å².